The summed E-state index contributed by atoms with van der Waals surface area (Å²) in [5.74, 6) is 0.434. The van der Waals surface area contributed by atoms with Crippen LogP contribution in [0.25, 0.3) is 10.6 Å². The molecule has 0 spiro atoms. The van der Waals surface area contributed by atoms with Crippen LogP contribution < -0.4 is 11.1 Å². The van der Waals surface area contributed by atoms with Crippen molar-refractivity contribution in [1.29, 1.82) is 0 Å². The Balaban J connectivity index is 0.00000243. The van der Waals surface area contributed by atoms with E-state index in [9.17, 15) is 0 Å². The van der Waals surface area contributed by atoms with E-state index in [1.807, 2.05) is 18.2 Å². The molecule has 6 heteroatoms. The molecule has 3 rings (SSSR count). The molecule has 3 aromatic rings. The van der Waals surface area contributed by atoms with Gasteiger partial charge in [-0.3, -0.25) is 4.99 Å². The maximum Gasteiger partial charge on any atom is 0.193 e. The molecule has 0 saturated carbocycles. The van der Waals surface area contributed by atoms with Gasteiger partial charge in [-0.05, 0) is 37.1 Å². The van der Waals surface area contributed by atoms with Crippen LogP contribution in [0.15, 0.2) is 58.9 Å². The molecule has 0 aliphatic heterocycles. The molecule has 0 bridgehead atoms. The molecule has 0 aliphatic carbocycles. The van der Waals surface area contributed by atoms with Crippen LogP contribution in [0.2, 0.25) is 0 Å². The van der Waals surface area contributed by atoms with Crippen LogP contribution in [0.1, 0.15) is 16.8 Å². The Labute approximate surface area is 175 Å². The Morgan fingerprint density at radius 2 is 1.81 bits per heavy atom. The molecule has 3 N–H and O–H groups in total. The molecule has 136 valence electrons. The highest BCUT2D eigenvalue weighted by Crippen LogP contribution is 2.23. The van der Waals surface area contributed by atoms with Gasteiger partial charge in [-0.15, -0.1) is 35.3 Å². The van der Waals surface area contributed by atoms with Crippen molar-refractivity contribution < 1.29 is 0 Å². The van der Waals surface area contributed by atoms with E-state index in [-0.39, 0.29) is 24.0 Å². The maximum atomic E-state index is 5.99. The molecule has 0 fully saturated rings. The van der Waals surface area contributed by atoms with Gasteiger partial charge in [0, 0.05) is 29.6 Å². The number of rotatable bonds is 5. The minimum atomic E-state index is 0. The summed E-state index contributed by atoms with van der Waals surface area (Å²) in [5, 5.41) is 6.28. The van der Waals surface area contributed by atoms with Gasteiger partial charge in [-0.25, -0.2) is 4.98 Å². The molecule has 0 amide bonds. The maximum absolute atomic E-state index is 5.99. The highest BCUT2D eigenvalue weighted by atomic mass is 127. The first-order valence-electron chi connectivity index (χ1n) is 8.25. The molecule has 2 aromatic carbocycles. The van der Waals surface area contributed by atoms with Gasteiger partial charge in [0.1, 0.15) is 5.01 Å². The van der Waals surface area contributed by atoms with Crippen LogP contribution in [0, 0.1) is 13.8 Å². The lowest BCUT2D eigenvalue weighted by Gasteiger charge is -2.07. The van der Waals surface area contributed by atoms with Crippen LogP contribution in [0.5, 0.6) is 0 Å². The second-order valence-electron chi connectivity index (χ2n) is 6.03. The van der Waals surface area contributed by atoms with Crippen molar-refractivity contribution in [3.63, 3.8) is 0 Å². The van der Waals surface area contributed by atoms with Gasteiger partial charge in [0.15, 0.2) is 5.96 Å². The number of hydrogen-bond acceptors (Lipinski definition) is 3. The number of thiazole rings is 1. The summed E-state index contributed by atoms with van der Waals surface area (Å²) in [7, 11) is 0. The van der Waals surface area contributed by atoms with Crippen LogP contribution in [-0.2, 0) is 6.42 Å². The number of benzene rings is 2. The van der Waals surface area contributed by atoms with Crippen LogP contribution >= 0.6 is 35.3 Å². The van der Waals surface area contributed by atoms with E-state index >= 15 is 0 Å². The largest absolute Gasteiger partial charge is 0.370 e. The topological polar surface area (TPSA) is 63.3 Å². The predicted molar refractivity (Wildman–Crippen MR) is 123 cm³/mol. The number of hydrogen-bond donors (Lipinski definition) is 2. The average molecular weight is 478 g/mol. The lowest BCUT2D eigenvalue weighted by Crippen LogP contribution is -2.23. The Bertz CT molecular complexity index is 854. The van der Waals surface area contributed by atoms with Gasteiger partial charge < -0.3 is 11.1 Å². The summed E-state index contributed by atoms with van der Waals surface area (Å²) >= 11 is 1.66. The van der Waals surface area contributed by atoms with E-state index in [2.05, 4.69) is 64.9 Å². The number of halogens is 1. The molecular formula is C20H23IN4S. The lowest BCUT2D eigenvalue weighted by molar-refractivity contribution is 0.934. The van der Waals surface area contributed by atoms with Crippen LogP contribution in [-0.4, -0.2) is 17.5 Å². The number of nitrogens with two attached hydrogens (primary N) is 1. The van der Waals surface area contributed by atoms with Crippen molar-refractivity contribution in [3.8, 4) is 10.6 Å². The average Bonchev–Trinajstić information content (AvgIpc) is 3.03. The quantitative estimate of drug-likeness (QED) is 0.308. The van der Waals surface area contributed by atoms with Gasteiger partial charge in [0.2, 0.25) is 0 Å². The van der Waals surface area contributed by atoms with Crippen LogP contribution in [0.3, 0.4) is 0 Å². The summed E-state index contributed by atoms with van der Waals surface area (Å²) < 4.78 is 0. The van der Waals surface area contributed by atoms with Crippen molar-refractivity contribution >= 4 is 47.0 Å². The summed E-state index contributed by atoms with van der Waals surface area (Å²) in [4.78, 5) is 9.08. The normalized spacial score (nSPS) is 11.1. The monoisotopic (exact) mass is 478 g/mol. The number of aryl methyl sites for hydroxylation is 2. The SMILES string of the molecule is Cc1cc(C)cc(NC(N)=NCCc2csc(-c3ccccc3)n2)c1.I. The lowest BCUT2D eigenvalue weighted by atomic mass is 10.1. The molecule has 4 nitrogen and oxygen atoms in total. The first-order chi connectivity index (χ1) is 12.1. The van der Waals surface area contributed by atoms with Gasteiger partial charge in [0.05, 0.1) is 5.69 Å². The zero-order valence-corrected chi connectivity index (χ0v) is 18.0. The summed E-state index contributed by atoms with van der Waals surface area (Å²) in [6.45, 7) is 4.75. The predicted octanol–water partition coefficient (Wildman–Crippen LogP) is 5.01. The van der Waals surface area contributed by atoms with Crippen molar-refractivity contribution in [3.05, 3.63) is 70.7 Å². The second kappa shape index (κ2) is 9.68. The van der Waals surface area contributed by atoms with Gasteiger partial charge in [-0.1, -0.05) is 36.4 Å². The van der Waals surface area contributed by atoms with E-state index in [1.54, 1.807) is 11.3 Å². The fourth-order valence-corrected chi connectivity index (χ4v) is 3.52. The minimum absolute atomic E-state index is 0. The van der Waals surface area contributed by atoms with Gasteiger partial charge in [0.25, 0.3) is 0 Å². The van der Waals surface area contributed by atoms with E-state index in [4.69, 9.17) is 5.73 Å². The van der Waals surface area contributed by atoms with E-state index < -0.39 is 0 Å². The van der Waals surface area contributed by atoms with Crippen LogP contribution in [0.4, 0.5) is 5.69 Å². The van der Waals surface area contributed by atoms with Crippen molar-refractivity contribution in [2.45, 2.75) is 20.3 Å². The minimum Gasteiger partial charge on any atom is -0.370 e. The molecule has 26 heavy (non-hydrogen) atoms. The Kier molecular flexibility index (Phi) is 7.59. The molecule has 0 aliphatic rings. The highest BCUT2D eigenvalue weighted by molar-refractivity contribution is 14.0. The van der Waals surface area contributed by atoms with E-state index in [1.165, 1.54) is 11.1 Å². The first-order valence-corrected chi connectivity index (χ1v) is 9.13. The number of aromatic nitrogens is 1. The molecule has 0 unspecified atom stereocenters. The first kappa shape index (κ1) is 20.4. The molecule has 1 heterocycles. The standard InChI is InChI=1S/C20H22N4S.HI/c1-14-10-15(2)12-18(11-14)24-20(21)22-9-8-17-13-25-19(23-17)16-6-4-3-5-7-16;/h3-7,10-13H,8-9H2,1-2H3,(H3,21,22,24);1H. The smallest absolute Gasteiger partial charge is 0.193 e. The zero-order valence-electron chi connectivity index (χ0n) is 14.9. The number of nitrogens with one attached hydrogen (secondary N) is 1. The highest BCUT2D eigenvalue weighted by Gasteiger charge is 2.04. The summed E-state index contributed by atoms with van der Waals surface area (Å²) in [5.41, 5.74) is 11.6. The Morgan fingerprint density at radius 1 is 1.12 bits per heavy atom. The summed E-state index contributed by atoms with van der Waals surface area (Å²) in [6.07, 6.45) is 0.776. The Hall–Kier alpha value is -1.93. The van der Waals surface area contributed by atoms with Gasteiger partial charge in [-0.2, -0.15) is 0 Å². The number of guanidine groups is 1. The van der Waals surface area contributed by atoms with Crippen molar-refractivity contribution in [1.82, 2.24) is 4.98 Å². The fraction of sp³-hybridized carbons (Fsp3) is 0.200. The van der Waals surface area contributed by atoms with Gasteiger partial charge >= 0.3 is 0 Å². The third-order valence-electron chi connectivity index (χ3n) is 3.72. The van der Waals surface area contributed by atoms with Crippen molar-refractivity contribution in [2.75, 3.05) is 11.9 Å². The Morgan fingerprint density at radius 3 is 2.50 bits per heavy atom. The van der Waals surface area contributed by atoms with Crippen molar-refractivity contribution in [2.24, 2.45) is 10.7 Å². The number of aliphatic imine (C=N–C) groups is 1. The molecule has 0 radical (unpaired) electrons. The second-order valence-corrected chi connectivity index (χ2v) is 6.89. The van der Waals surface area contributed by atoms with E-state index in [0.717, 1.165) is 28.4 Å². The molecule has 0 saturated heterocycles. The zero-order chi connectivity index (χ0) is 17.6. The number of nitrogens with zero attached hydrogens (tertiary/aromatic N) is 2. The fourth-order valence-electron chi connectivity index (χ4n) is 2.66. The number of anilines is 1. The molecule has 0 atom stereocenters. The summed E-state index contributed by atoms with van der Waals surface area (Å²) in [6, 6.07) is 16.5. The van der Waals surface area contributed by atoms with E-state index in [0.29, 0.717) is 12.5 Å². The molecule has 1 aromatic heterocycles. The third kappa shape index (κ3) is 5.81. The molecular weight excluding hydrogens is 455 g/mol. The third-order valence-corrected chi connectivity index (χ3v) is 4.66.